The third-order valence-electron chi connectivity index (χ3n) is 3.25. The molecule has 0 saturated heterocycles. The highest BCUT2D eigenvalue weighted by atomic mass is 79.9. The summed E-state index contributed by atoms with van der Waals surface area (Å²) in [5.74, 6) is -1.05. The number of hydrogen-bond donors (Lipinski definition) is 4. The number of nitrogens with two attached hydrogens (primary N) is 3. The first kappa shape index (κ1) is 21.7. The number of carbonyl (C=O) groups is 2. The molecule has 2 rings (SSSR count). The molecule has 23 heavy (non-hydrogen) atoms. The van der Waals surface area contributed by atoms with Crippen molar-refractivity contribution in [1.82, 2.24) is 0 Å². The summed E-state index contributed by atoms with van der Waals surface area (Å²) in [7, 11) is 0. The fraction of sp³-hybridized carbons (Fsp3) is 0.500. The maximum atomic E-state index is 10.2. The number of hydrogen-bond acceptors (Lipinski definition) is 5. The minimum absolute atomic E-state index is 0.00463. The fourth-order valence-corrected chi connectivity index (χ4v) is 2.18. The molecule has 130 valence electrons. The maximum absolute atomic E-state index is 10.2. The Hall–Kier alpha value is -1.28. The quantitative estimate of drug-likeness (QED) is 0.585. The summed E-state index contributed by atoms with van der Waals surface area (Å²) in [5.41, 5.74) is 16.1. The van der Waals surface area contributed by atoms with Gasteiger partial charge in [-0.15, -0.1) is 0 Å². The molecule has 0 heterocycles. The predicted octanol–water partition coefficient (Wildman–Crippen LogP) is 1.90. The number of carboxylic acid groups (broad SMARTS) is 1. The number of rotatable bonds is 3. The molecule has 0 amide bonds. The predicted molar refractivity (Wildman–Crippen MR) is 95.3 cm³/mol. The Bertz CT molecular complexity index is 466. The molecule has 0 radical (unpaired) electrons. The second-order valence-electron chi connectivity index (χ2n) is 5.22. The Morgan fingerprint density at radius 1 is 1.30 bits per heavy atom. The summed E-state index contributed by atoms with van der Waals surface area (Å²) >= 11 is 3.23. The van der Waals surface area contributed by atoms with E-state index >= 15 is 0 Å². The van der Waals surface area contributed by atoms with Gasteiger partial charge in [0.15, 0.2) is 6.29 Å². The van der Waals surface area contributed by atoms with Gasteiger partial charge in [0.25, 0.3) is 0 Å². The van der Waals surface area contributed by atoms with Crippen LogP contribution in [0.5, 0.6) is 0 Å². The smallest absolute Gasteiger partial charge is 0.321 e. The summed E-state index contributed by atoms with van der Waals surface area (Å²) in [6.45, 7) is -0.00463. The average Bonchev–Trinajstić information content (AvgIpc) is 2.56. The van der Waals surface area contributed by atoms with Crippen LogP contribution in [0.1, 0.15) is 42.5 Å². The highest BCUT2D eigenvalue weighted by Crippen LogP contribution is 2.14. The standard InChI is InChI=1S/C7H5BrO.C6H13N.C3H8N2O2/c8-7-4-2-1-3-6(7)5-9;7-6-4-2-1-3-5-6;4-1-2(5)3(6)7/h1-5H;6H,1-5,7H2;2H,1,4-5H2,(H,6,7)/t;;2-/m..0/s1. The topological polar surface area (TPSA) is 132 Å². The number of aliphatic carboxylic acids is 1. The molecule has 1 aromatic rings. The molecule has 0 aromatic heterocycles. The van der Waals surface area contributed by atoms with Gasteiger partial charge in [0.05, 0.1) is 0 Å². The molecule has 7 N–H and O–H groups in total. The number of aldehydes is 1. The molecule has 1 atom stereocenters. The van der Waals surface area contributed by atoms with Crippen molar-refractivity contribution in [1.29, 1.82) is 0 Å². The zero-order valence-electron chi connectivity index (χ0n) is 13.2. The highest BCUT2D eigenvalue weighted by Gasteiger charge is 2.06. The van der Waals surface area contributed by atoms with E-state index < -0.39 is 12.0 Å². The molecule has 1 saturated carbocycles. The van der Waals surface area contributed by atoms with Crippen LogP contribution in [0.25, 0.3) is 0 Å². The van der Waals surface area contributed by atoms with Crippen LogP contribution >= 0.6 is 15.9 Å². The van der Waals surface area contributed by atoms with Gasteiger partial charge in [0.1, 0.15) is 6.04 Å². The maximum Gasteiger partial charge on any atom is 0.321 e. The van der Waals surface area contributed by atoms with Crippen LogP contribution in [-0.4, -0.2) is 36.0 Å². The van der Waals surface area contributed by atoms with Gasteiger partial charge in [-0.3, -0.25) is 9.59 Å². The number of benzene rings is 1. The van der Waals surface area contributed by atoms with Gasteiger partial charge in [-0.25, -0.2) is 0 Å². The summed E-state index contributed by atoms with van der Waals surface area (Å²) in [4.78, 5) is 19.9. The lowest BCUT2D eigenvalue weighted by Gasteiger charge is -2.15. The van der Waals surface area contributed by atoms with Crippen molar-refractivity contribution in [2.24, 2.45) is 17.2 Å². The van der Waals surface area contributed by atoms with Crippen molar-refractivity contribution in [2.75, 3.05) is 6.54 Å². The molecular weight excluding hydrogens is 362 g/mol. The largest absolute Gasteiger partial charge is 0.480 e. The van der Waals surface area contributed by atoms with Crippen LogP contribution in [-0.2, 0) is 4.79 Å². The Morgan fingerprint density at radius 3 is 2.13 bits per heavy atom. The van der Waals surface area contributed by atoms with E-state index in [0.717, 1.165) is 10.8 Å². The zero-order chi connectivity index (χ0) is 17.7. The molecule has 0 aliphatic heterocycles. The van der Waals surface area contributed by atoms with E-state index in [-0.39, 0.29) is 6.54 Å². The fourth-order valence-electron chi connectivity index (χ4n) is 1.81. The molecule has 0 bridgehead atoms. The molecule has 7 heteroatoms. The van der Waals surface area contributed by atoms with Crippen molar-refractivity contribution in [2.45, 2.75) is 44.2 Å². The minimum atomic E-state index is -1.05. The van der Waals surface area contributed by atoms with E-state index in [0.29, 0.717) is 11.6 Å². The summed E-state index contributed by atoms with van der Waals surface area (Å²) < 4.78 is 0.847. The normalized spacial score (nSPS) is 15.3. The van der Waals surface area contributed by atoms with Crippen LogP contribution in [0.15, 0.2) is 28.7 Å². The summed E-state index contributed by atoms with van der Waals surface area (Å²) in [5, 5.41) is 7.98. The van der Waals surface area contributed by atoms with Gasteiger partial charge in [-0.1, -0.05) is 53.4 Å². The molecule has 1 aromatic carbocycles. The van der Waals surface area contributed by atoms with Crippen molar-refractivity contribution >= 4 is 28.2 Å². The SMILES string of the molecule is NC1CCCCC1.NC[C@H](N)C(=O)O.O=Cc1ccccc1Br. The Kier molecular flexibility index (Phi) is 12.5. The van der Waals surface area contributed by atoms with E-state index in [1.807, 2.05) is 18.2 Å². The first-order valence-corrected chi connectivity index (χ1v) is 8.35. The molecule has 6 nitrogen and oxygen atoms in total. The molecule has 0 spiro atoms. The highest BCUT2D eigenvalue weighted by molar-refractivity contribution is 9.10. The second-order valence-corrected chi connectivity index (χ2v) is 6.07. The van der Waals surface area contributed by atoms with E-state index in [4.69, 9.17) is 22.3 Å². The van der Waals surface area contributed by atoms with Gasteiger partial charge >= 0.3 is 5.97 Å². The van der Waals surface area contributed by atoms with Gasteiger partial charge in [-0.2, -0.15) is 0 Å². The van der Waals surface area contributed by atoms with Gasteiger partial charge in [0.2, 0.25) is 0 Å². The molecule has 0 unspecified atom stereocenters. The van der Waals surface area contributed by atoms with Gasteiger partial charge < -0.3 is 22.3 Å². The second kappa shape index (κ2) is 13.2. The Balaban J connectivity index is 0.000000320. The first-order valence-electron chi connectivity index (χ1n) is 7.56. The molecule has 1 fully saturated rings. The monoisotopic (exact) mass is 387 g/mol. The molecule has 1 aliphatic carbocycles. The van der Waals surface area contributed by atoms with Crippen LogP contribution in [0.3, 0.4) is 0 Å². The third kappa shape index (κ3) is 11.0. The van der Waals surface area contributed by atoms with E-state index in [9.17, 15) is 9.59 Å². The van der Waals surface area contributed by atoms with Crippen LogP contribution < -0.4 is 17.2 Å². The van der Waals surface area contributed by atoms with Crippen LogP contribution in [0, 0.1) is 0 Å². The van der Waals surface area contributed by atoms with Crippen molar-refractivity contribution in [3.8, 4) is 0 Å². The van der Waals surface area contributed by atoms with Crippen molar-refractivity contribution in [3.05, 3.63) is 34.3 Å². The summed E-state index contributed by atoms with van der Waals surface area (Å²) in [6, 6.07) is 6.93. The lowest BCUT2D eigenvalue weighted by Crippen LogP contribution is -2.37. The van der Waals surface area contributed by atoms with Crippen molar-refractivity contribution < 1.29 is 14.7 Å². The Morgan fingerprint density at radius 2 is 1.87 bits per heavy atom. The number of carboxylic acids is 1. The molecular formula is C16H26BrN3O3. The number of halogens is 1. The zero-order valence-corrected chi connectivity index (χ0v) is 14.7. The first-order chi connectivity index (χ1) is 10.9. The van der Waals surface area contributed by atoms with E-state index in [1.165, 1.54) is 32.1 Å². The van der Waals surface area contributed by atoms with Crippen molar-refractivity contribution in [3.63, 3.8) is 0 Å². The minimum Gasteiger partial charge on any atom is -0.480 e. The van der Waals surface area contributed by atoms with Gasteiger partial charge in [-0.05, 0) is 18.9 Å². The summed E-state index contributed by atoms with van der Waals surface area (Å²) in [6.07, 6.45) is 7.49. The average molecular weight is 388 g/mol. The van der Waals surface area contributed by atoms with E-state index in [1.54, 1.807) is 6.07 Å². The Labute approximate surface area is 145 Å². The lowest BCUT2D eigenvalue weighted by atomic mass is 9.97. The number of carbonyl (C=O) groups excluding carboxylic acids is 1. The van der Waals surface area contributed by atoms with Gasteiger partial charge in [0, 0.05) is 22.6 Å². The van der Waals surface area contributed by atoms with Crippen LogP contribution in [0.2, 0.25) is 0 Å². The van der Waals surface area contributed by atoms with Crippen LogP contribution in [0.4, 0.5) is 0 Å². The third-order valence-corrected chi connectivity index (χ3v) is 3.98. The van der Waals surface area contributed by atoms with E-state index in [2.05, 4.69) is 15.9 Å². The lowest BCUT2D eigenvalue weighted by molar-refractivity contribution is -0.138. The molecule has 1 aliphatic rings.